The fourth-order valence-electron chi connectivity index (χ4n) is 1.87. The van der Waals surface area contributed by atoms with Gasteiger partial charge in [0.25, 0.3) is 0 Å². The maximum Gasteiger partial charge on any atom is 0.354 e. The van der Waals surface area contributed by atoms with E-state index in [9.17, 15) is 20.0 Å². The molecule has 3 rings (SSSR count). The van der Waals surface area contributed by atoms with Crippen LogP contribution in [0.15, 0.2) is 32.1 Å². The first-order chi connectivity index (χ1) is 9.99. The number of nitrogens with zero attached hydrogens (tertiary/aromatic N) is 3. The molecule has 0 saturated carbocycles. The second-order valence-corrected chi connectivity index (χ2v) is 4.87. The van der Waals surface area contributed by atoms with Gasteiger partial charge in [-0.2, -0.15) is 5.10 Å². The minimum Gasteiger partial charge on any atom is -0.501 e. The van der Waals surface area contributed by atoms with Gasteiger partial charge in [0.15, 0.2) is 5.82 Å². The van der Waals surface area contributed by atoms with Gasteiger partial charge in [0.05, 0.1) is 9.40 Å². The number of aromatic nitrogens is 3. The van der Waals surface area contributed by atoms with Crippen LogP contribution >= 0.6 is 15.9 Å². The molecule has 9 nitrogen and oxygen atoms in total. The molecule has 0 bridgehead atoms. The Hall–Kier alpha value is -2.75. The van der Waals surface area contributed by atoms with E-state index in [1.165, 1.54) is 18.5 Å². The Morgan fingerprint density at radius 2 is 2.19 bits per heavy atom. The van der Waals surface area contributed by atoms with Crippen molar-refractivity contribution in [3.8, 4) is 17.1 Å². The lowest BCUT2D eigenvalue weighted by Crippen LogP contribution is -2.05. The van der Waals surface area contributed by atoms with Crippen molar-refractivity contribution in [2.75, 3.05) is 0 Å². The molecule has 0 saturated heterocycles. The maximum atomic E-state index is 11.9. The van der Waals surface area contributed by atoms with Crippen LogP contribution in [-0.4, -0.2) is 25.2 Å². The third-order valence-electron chi connectivity index (χ3n) is 2.78. The Balaban J connectivity index is 2.42. The SMILES string of the molecule is O=c1oc2c([N+](=O)[O-])c(O)c(Br)cc2cc1-c1ncn[nH]1. The monoisotopic (exact) mass is 352 g/mol. The second kappa shape index (κ2) is 4.66. The number of H-pyrrole nitrogens is 1. The number of hydrogen-bond acceptors (Lipinski definition) is 7. The fourth-order valence-corrected chi connectivity index (χ4v) is 2.31. The standard InChI is InChI=1S/C11H5BrN4O5/c12-6-2-4-1-5(10-13-3-14-15-10)11(18)21-9(4)7(8(6)17)16(19)20/h1-3,17H,(H,13,14,15). The highest BCUT2D eigenvalue weighted by atomic mass is 79.9. The van der Waals surface area contributed by atoms with E-state index in [1.54, 1.807) is 0 Å². The summed E-state index contributed by atoms with van der Waals surface area (Å²) in [5.41, 5.74) is -1.74. The van der Waals surface area contributed by atoms with Gasteiger partial charge in [0.1, 0.15) is 11.9 Å². The third-order valence-corrected chi connectivity index (χ3v) is 3.38. The topological polar surface area (TPSA) is 135 Å². The molecule has 0 amide bonds. The normalized spacial score (nSPS) is 10.9. The van der Waals surface area contributed by atoms with Gasteiger partial charge in [-0.3, -0.25) is 15.2 Å². The molecule has 0 spiro atoms. The Bertz CT molecular complexity index is 918. The Morgan fingerprint density at radius 1 is 1.43 bits per heavy atom. The molecule has 2 N–H and O–H groups in total. The lowest BCUT2D eigenvalue weighted by molar-refractivity contribution is -0.384. The minimum absolute atomic E-state index is 0.0758. The van der Waals surface area contributed by atoms with Gasteiger partial charge < -0.3 is 9.52 Å². The van der Waals surface area contributed by atoms with Crippen LogP contribution in [0.1, 0.15) is 0 Å². The first kappa shape index (κ1) is 13.2. The summed E-state index contributed by atoms with van der Waals surface area (Å²) in [5.74, 6) is -0.430. The van der Waals surface area contributed by atoms with E-state index in [2.05, 4.69) is 31.1 Å². The van der Waals surface area contributed by atoms with E-state index in [4.69, 9.17) is 4.42 Å². The van der Waals surface area contributed by atoms with Gasteiger partial charge in [0.2, 0.25) is 11.3 Å². The highest BCUT2D eigenvalue weighted by molar-refractivity contribution is 9.10. The van der Waals surface area contributed by atoms with Crippen LogP contribution in [0.2, 0.25) is 0 Å². The molecule has 2 aromatic heterocycles. The summed E-state index contributed by atoms with van der Waals surface area (Å²) in [6.07, 6.45) is 1.22. The van der Waals surface area contributed by atoms with E-state index in [0.717, 1.165) is 0 Å². The maximum absolute atomic E-state index is 11.9. The quantitative estimate of drug-likeness (QED) is 0.408. The number of nitro benzene ring substituents is 1. The number of rotatable bonds is 2. The van der Waals surface area contributed by atoms with Gasteiger partial charge in [-0.1, -0.05) is 0 Å². The number of nitrogens with one attached hydrogen (secondary N) is 1. The van der Waals surface area contributed by atoms with E-state index in [-0.39, 0.29) is 26.8 Å². The summed E-state index contributed by atoms with van der Waals surface area (Å²) in [6, 6.07) is 2.78. The Morgan fingerprint density at radius 3 is 2.81 bits per heavy atom. The van der Waals surface area contributed by atoms with Crippen molar-refractivity contribution in [2.24, 2.45) is 0 Å². The molecular formula is C11H5BrN4O5. The van der Waals surface area contributed by atoms with E-state index in [1.807, 2.05) is 0 Å². The highest BCUT2D eigenvalue weighted by Gasteiger charge is 2.25. The van der Waals surface area contributed by atoms with Gasteiger partial charge in [-0.05, 0) is 28.1 Å². The second-order valence-electron chi connectivity index (χ2n) is 4.01. The van der Waals surface area contributed by atoms with E-state index < -0.39 is 22.0 Å². The predicted octanol–water partition coefficient (Wildman–Crippen LogP) is 1.95. The number of aromatic hydroxyl groups is 1. The molecule has 106 valence electrons. The lowest BCUT2D eigenvalue weighted by Gasteiger charge is -2.04. The highest BCUT2D eigenvalue weighted by Crippen LogP contribution is 2.40. The third kappa shape index (κ3) is 2.05. The zero-order chi connectivity index (χ0) is 15.1. The largest absolute Gasteiger partial charge is 0.501 e. The number of phenolic OH excluding ortho intramolecular Hbond substituents is 1. The van der Waals surface area contributed by atoms with E-state index in [0.29, 0.717) is 0 Å². The van der Waals surface area contributed by atoms with Gasteiger partial charge in [-0.25, -0.2) is 9.78 Å². The molecule has 0 unspecified atom stereocenters. The summed E-state index contributed by atoms with van der Waals surface area (Å²) in [7, 11) is 0. The van der Waals surface area contributed by atoms with Gasteiger partial charge in [0, 0.05) is 5.39 Å². The first-order valence-corrected chi connectivity index (χ1v) is 6.28. The van der Waals surface area contributed by atoms with Crippen LogP contribution in [0.4, 0.5) is 5.69 Å². The van der Waals surface area contributed by atoms with Crippen molar-refractivity contribution in [1.82, 2.24) is 15.2 Å². The van der Waals surface area contributed by atoms with Crippen LogP contribution in [0.3, 0.4) is 0 Å². The number of benzene rings is 1. The predicted molar refractivity (Wildman–Crippen MR) is 73.9 cm³/mol. The molecule has 2 heterocycles. The molecule has 0 aliphatic rings. The molecule has 10 heteroatoms. The summed E-state index contributed by atoms with van der Waals surface area (Å²) >= 11 is 3.02. The van der Waals surface area contributed by atoms with Gasteiger partial charge in [-0.15, -0.1) is 0 Å². The van der Waals surface area contributed by atoms with Crippen molar-refractivity contribution in [2.45, 2.75) is 0 Å². The molecule has 0 radical (unpaired) electrons. The van der Waals surface area contributed by atoms with Gasteiger partial charge >= 0.3 is 11.3 Å². The smallest absolute Gasteiger partial charge is 0.354 e. The zero-order valence-corrected chi connectivity index (χ0v) is 11.6. The van der Waals surface area contributed by atoms with Crippen LogP contribution < -0.4 is 5.63 Å². The van der Waals surface area contributed by atoms with Crippen molar-refractivity contribution < 1.29 is 14.4 Å². The molecule has 0 fully saturated rings. The lowest BCUT2D eigenvalue weighted by atomic mass is 10.1. The van der Waals surface area contributed by atoms with Crippen molar-refractivity contribution in [1.29, 1.82) is 0 Å². The first-order valence-electron chi connectivity index (χ1n) is 5.48. The summed E-state index contributed by atoms with van der Waals surface area (Å²) in [4.78, 5) is 26.0. The van der Waals surface area contributed by atoms with Crippen molar-refractivity contribution >= 4 is 32.6 Å². The fraction of sp³-hybridized carbons (Fsp3) is 0. The number of phenols is 1. The number of fused-ring (bicyclic) bond motifs is 1. The minimum atomic E-state index is -0.830. The molecule has 21 heavy (non-hydrogen) atoms. The Kier molecular flexibility index (Phi) is 2.94. The summed E-state index contributed by atoms with van der Waals surface area (Å²) < 4.78 is 5.09. The molecule has 0 atom stereocenters. The molecule has 0 aliphatic heterocycles. The molecule has 0 aliphatic carbocycles. The van der Waals surface area contributed by atoms with E-state index >= 15 is 0 Å². The summed E-state index contributed by atoms with van der Waals surface area (Å²) in [5, 5.41) is 27.2. The number of nitro groups is 1. The summed E-state index contributed by atoms with van der Waals surface area (Å²) in [6.45, 7) is 0. The van der Waals surface area contributed by atoms with Crippen molar-refractivity contribution in [3.63, 3.8) is 0 Å². The van der Waals surface area contributed by atoms with Crippen LogP contribution in [0, 0.1) is 10.1 Å². The Labute approximate surface area is 123 Å². The zero-order valence-electron chi connectivity index (χ0n) is 10.0. The van der Waals surface area contributed by atoms with Crippen molar-refractivity contribution in [3.05, 3.63) is 43.5 Å². The number of aromatic amines is 1. The molecule has 1 aromatic carbocycles. The molecular weight excluding hydrogens is 348 g/mol. The average Bonchev–Trinajstić information content (AvgIpc) is 2.93. The average molecular weight is 353 g/mol. The van der Waals surface area contributed by atoms with Crippen LogP contribution in [0.5, 0.6) is 5.75 Å². The van der Waals surface area contributed by atoms with Crippen LogP contribution in [0.25, 0.3) is 22.4 Å². The van der Waals surface area contributed by atoms with Crippen LogP contribution in [-0.2, 0) is 0 Å². The molecule has 3 aromatic rings. The number of hydrogen-bond donors (Lipinski definition) is 2. The number of halogens is 1.